The number of aromatic amines is 1. The van der Waals surface area contributed by atoms with Crippen molar-refractivity contribution in [3.63, 3.8) is 0 Å². The van der Waals surface area contributed by atoms with Crippen molar-refractivity contribution in [3.05, 3.63) is 41.6 Å². The predicted molar refractivity (Wildman–Crippen MR) is 61.9 cm³/mol. The Labute approximate surface area is 91.8 Å². The predicted octanol–water partition coefficient (Wildman–Crippen LogP) is 1.48. The molecule has 0 saturated carbocycles. The van der Waals surface area contributed by atoms with E-state index in [0.717, 1.165) is 16.5 Å². The van der Waals surface area contributed by atoms with Crippen LogP contribution in [0.5, 0.6) is 0 Å². The average molecular weight is 214 g/mol. The van der Waals surface area contributed by atoms with Gasteiger partial charge in [0.05, 0.1) is 5.52 Å². The Kier molecular flexibility index (Phi) is 2.55. The molecule has 1 heterocycles. The number of aldehydes is 1. The van der Waals surface area contributed by atoms with E-state index < -0.39 is 5.91 Å². The number of aromatic nitrogens is 1. The van der Waals surface area contributed by atoms with Gasteiger partial charge in [-0.2, -0.15) is 0 Å². The van der Waals surface area contributed by atoms with Crippen molar-refractivity contribution in [1.29, 1.82) is 0 Å². The third kappa shape index (κ3) is 1.72. The highest BCUT2D eigenvalue weighted by molar-refractivity contribution is 5.99. The number of benzene rings is 1. The number of primary amides is 1. The fourth-order valence-corrected chi connectivity index (χ4v) is 1.59. The summed E-state index contributed by atoms with van der Waals surface area (Å²) in [6.45, 7) is 0. The van der Waals surface area contributed by atoms with Gasteiger partial charge in [-0.1, -0.05) is 18.2 Å². The summed E-state index contributed by atoms with van der Waals surface area (Å²) in [5, 5.41) is 0.891. The molecule has 3 N–H and O–H groups in total. The van der Waals surface area contributed by atoms with Crippen molar-refractivity contribution < 1.29 is 9.59 Å². The lowest BCUT2D eigenvalue weighted by Crippen LogP contribution is -2.10. The number of carbonyl (C=O) groups is 2. The highest BCUT2D eigenvalue weighted by Crippen LogP contribution is 2.20. The van der Waals surface area contributed by atoms with Gasteiger partial charge < -0.3 is 10.7 Å². The number of hydrogen-bond donors (Lipinski definition) is 2. The minimum Gasteiger partial charge on any atom is -0.364 e. The number of H-pyrrole nitrogens is 1. The molecule has 0 radical (unpaired) electrons. The summed E-state index contributed by atoms with van der Waals surface area (Å²) in [5.41, 5.74) is 7.19. The van der Waals surface area contributed by atoms with Gasteiger partial charge in [0, 0.05) is 5.39 Å². The topological polar surface area (TPSA) is 76.0 Å². The number of carbonyl (C=O) groups excluding carboxylic acids is 2. The summed E-state index contributed by atoms with van der Waals surface area (Å²) in [5.74, 6) is -0.499. The van der Waals surface area contributed by atoms with E-state index in [-0.39, 0.29) is 0 Å². The van der Waals surface area contributed by atoms with Gasteiger partial charge in [0.1, 0.15) is 12.0 Å². The van der Waals surface area contributed by atoms with Crippen LogP contribution in [0.25, 0.3) is 17.0 Å². The maximum Gasteiger partial charge on any atom is 0.265 e. The Morgan fingerprint density at radius 2 is 2.19 bits per heavy atom. The van der Waals surface area contributed by atoms with E-state index in [9.17, 15) is 9.59 Å². The minimum atomic E-state index is -0.499. The molecule has 4 nitrogen and oxygen atoms in total. The van der Waals surface area contributed by atoms with Crippen LogP contribution in [0.4, 0.5) is 0 Å². The number of para-hydroxylation sites is 1. The number of amides is 1. The Morgan fingerprint density at radius 1 is 1.38 bits per heavy atom. The zero-order valence-electron chi connectivity index (χ0n) is 8.44. The summed E-state index contributed by atoms with van der Waals surface area (Å²) in [4.78, 5) is 24.2. The second kappa shape index (κ2) is 4.02. The molecule has 0 atom stereocenters. The normalized spacial score (nSPS) is 11.0. The largest absolute Gasteiger partial charge is 0.364 e. The van der Waals surface area contributed by atoms with E-state index in [1.165, 1.54) is 6.08 Å². The molecule has 1 aromatic carbocycles. The van der Waals surface area contributed by atoms with Crippen LogP contribution in [0.1, 0.15) is 16.1 Å². The molecule has 0 saturated heterocycles. The van der Waals surface area contributed by atoms with E-state index >= 15 is 0 Å². The maximum absolute atomic E-state index is 11.0. The zero-order chi connectivity index (χ0) is 11.5. The average Bonchev–Trinajstić information content (AvgIpc) is 2.70. The smallest absolute Gasteiger partial charge is 0.265 e. The van der Waals surface area contributed by atoms with Crippen LogP contribution in [0.2, 0.25) is 0 Å². The molecular formula is C12H10N2O2. The van der Waals surface area contributed by atoms with Gasteiger partial charge in [-0.25, -0.2) is 0 Å². The lowest BCUT2D eigenvalue weighted by atomic mass is 10.1. The third-order valence-electron chi connectivity index (χ3n) is 2.31. The molecule has 1 amide bonds. The molecule has 0 aliphatic heterocycles. The van der Waals surface area contributed by atoms with E-state index in [2.05, 4.69) is 4.98 Å². The lowest BCUT2D eigenvalue weighted by molar-refractivity contribution is -0.104. The monoisotopic (exact) mass is 214 g/mol. The van der Waals surface area contributed by atoms with Gasteiger partial charge in [0.2, 0.25) is 0 Å². The van der Waals surface area contributed by atoms with Crippen LogP contribution in [-0.4, -0.2) is 17.2 Å². The number of rotatable bonds is 3. The van der Waals surface area contributed by atoms with Crippen molar-refractivity contribution in [1.82, 2.24) is 4.98 Å². The second-order valence-electron chi connectivity index (χ2n) is 3.35. The first-order valence-electron chi connectivity index (χ1n) is 4.76. The lowest BCUT2D eigenvalue weighted by Gasteiger charge is -1.95. The highest BCUT2D eigenvalue weighted by atomic mass is 16.1. The molecule has 0 aliphatic rings. The third-order valence-corrected chi connectivity index (χ3v) is 2.31. The first kappa shape index (κ1) is 10.2. The van der Waals surface area contributed by atoms with Crippen LogP contribution >= 0.6 is 0 Å². The van der Waals surface area contributed by atoms with Crippen molar-refractivity contribution >= 4 is 29.2 Å². The van der Waals surface area contributed by atoms with Crippen LogP contribution in [-0.2, 0) is 4.79 Å². The zero-order valence-corrected chi connectivity index (χ0v) is 8.44. The molecule has 80 valence electrons. The van der Waals surface area contributed by atoms with Crippen LogP contribution in [0, 0.1) is 0 Å². The fraction of sp³-hybridized carbons (Fsp3) is 0. The van der Waals surface area contributed by atoms with E-state index in [1.54, 1.807) is 12.1 Å². The summed E-state index contributed by atoms with van der Waals surface area (Å²) in [6, 6.07) is 7.27. The molecule has 0 spiro atoms. The molecule has 0 unspecified atom stereocenters. The molecule has 2 aromatic rings. The first-order chi connectivity index (χ1) is 7.72. The van der Waals surface area contributed by atoms with Gasteiger partial charge in [-0.3, -0.25) is 9.59 Å². The molecule has 0 aliphatic carbocycles. The molecule has 2 rings (SSSR count). The van der Waals surface area contributed by atoms with Gasteiger partial charge in [-0.15, -0.1) is 0 Å². The van der Waals surface area contributed by atoms with E-state index in [1.807, 2.05) is 18.2 Å². The molecule has 16 heavy (non-hydrogen) atoms. The number of nitrogens with two attached hydrogens (primary N) is 1. The van der Waals surface area contributed by atoms with Crippen molar-refractivity contribution in [2.45, 2.75) is 0 Å². The van der Waals surface area contributed by atoms with Crippen molar-refractivity contribution in [2.75, 3.05) is 0 Å². The summed E-state index contributed by atoms with van der Waals surface area (Å²) >= 11 is 0. The fourth-order valence-electron chi connectivity index (χ4n) is 1.59. The van der Waals surface area contributed by atoms with E-state index in [0.29, 0.717) is 12.0 Å². The maximum atomic E-state index is 11.0. The Bertz CT molecular complexity index is 582. The Hall–Kier alpha value is -2.36. The van der Waals surface area contributed by atoms with Gasteiger partial charge in [-0.05, 0) is 23.8 Å². The van der Waals surface area contributed by atoms with Crippen molar-refractivity contribution in [3.8, 4) is 0 Å². The Morgan fingerprint density at radius 3 is 2.88 bits per heavy atom. The molecule has 1 aromatic heterocycles. The Balaban J connectivity index is 2.62. The van der Waals surface area contributed by atoms with Crippen molar-refractivity contribution in [2.24, 2.45) is 5.73 Å². The van der Waals surface area contributed by atoms with Crippen LogP contribution in [0.15, 0.2) is 30.3 Å². The quantitative estimate of drug-likeness (QED) is 0.599. The number of fused-ring (bicyclic) bond motifs is 1. The minimum absolute atomic E-state index is 0.363. The second-order valence-corrected chi connectivity index (χ2v) is 3.35. The van der Waals surface area contributed by atoms with Crippen LogP contribution < -0.4 is 5.73 Å². The standard InChI is InChI=1S/C12H10N2O2/c13-12(16)10-7-9-4-1-3-8(5-2-6-15)11(9)14-10/h1-7,14H,(H2,13,16)/b5-2+. The molecule has 0 fully saturated rings. The number of allylic oxidation sites excluding steroid dienone is 1. The summed E-state index contributed by atoms with van der Waals surface area (Å²) in [7, 11) is 0. The van der Waals surface area contributed by atoms with Gasteiger partial charge in [0.25, 0.3) is 5.91 Å². The highest BCUT2D eigenvalue weighted by Gasteiger charge is 2.06. The number of hydrogen-bond acceptors (Lipinski definition) is 2. The number of nitrogens with one attached hydrogen (secondary N) is 1. The van der Waals surface area contributed by atoms with Gasteiger partial charge in [0.15, 0.2) is 0 Å². The van der Waals surface area contributed by atoms with E-state index in [4.69, 9.17) is 5.73 Å². The first-order valence-corrected chi connectivity index (χ1v) is 4.76. The molecular weight excluding hydrogens is 204 g/mol. The molecule has 0 bridgehead atoms. The summed E-state index contributed by atoms with van der Waals surface area (Å²) in [6.07, 6.45) is 3.78. The molecule has 4 heteroatoms. The SMILES string of the molecule is NC(=O)c1cc2cccc(/C=C/C=O)c2[nH]1. The van der Waals surface area contributed by atoms with Gasteiger partial charge >= 0.3 is 0 Å². The summed E-state index contributed by atoms with van der Waals surface area (Å²) < 4.78 is 0. The van der Waals surface area contributed by atoms with Crippen LogP contribution in [0.3, 0.4) is 0 Å².